The molecule has 2 saturated carbocycles. The highest BCUT2D eigenvalue weighted by atomic mass is 16.7. The Morgan fingerprint density at radius 2 is 1.69 bits per heavy atom. The lowest BCUT2D eigenvalue weighted by atomic mass is 9.55. The Bertz CT molecular complexity index is 2470. The van der Waals surface area contributed by atoms with Crippen molar-refractivity contribution in [2.75, 3.05) is 13.2 Å². The van der Waals surface area contributed by atoms with Crippen molar-refractivity contribution < 1.29 is 64.2 Å². The molecule has 6 atom stereocenters. The molecule has 0 radical (unpaired) electrons. The number of hydrogen-bond acceptors (Lipinski definition) is 15. The molecular weight excluding hydrogens is 829 g/mol. The molecule has 0 bridgehead atoms. The molecule has 17 nitrogen and oxygen atoms in total. The summed E-state index contributed by atoms with van der Waals surface area (Å²) in [7, 11) is 0. The van der Waals surface area contributed by atoms with E-state index in [1.165, 1.54) is 24.5 Å². The first-order valence-corrected chi connectivity index (χ1v) is 21.5. The minimum Gasteiger partial charge on any atom is -0.508 e. The third-order valence-corrected chi connectivity index (χ3v) is 13.4. The van der Waals surface area contributed by atoms with Crippen LogP contribution in [-0.2, 0) is 15.1 Å². The number of phenols is 2. The van der Waals surface area contributed by atoms with Gasteiger partial charge in [0.05, 0.1) is 18.9 Å². The number of hydrogen-bond donors (Lipinski definition) is 8. The summed E-state index contributed by atoms with van der Waals surface area (Å²) in [6.45, 7) is 0.409. The van der Waals surface area contributed by atoms with E-state index in [1.807, 2.05) is 0 Å². The number of ether oxygens (including phenoxy) is 5. The van der Waals surface area contributed by atoms with Crippen LogP contribution < -0.4 is 18.9 Å². The molecule has 9 rings (SSSR count). The van der Waals surface area contributed by atoms with Crippen molar-refractivity contribution in [1.82, 2.24) is 0 Å². The molecule has 17 heteroatoms. The highest BCUT2D eigenvalue weighted by molar-refractivity contribution is 6.14. The first-order valence-electron chi connectivity index (χ1n) is 21.5. The lowest BCUT2D eigenvalue weighted by Gasteiger charge is -2.57. The quantitative estimate of drug-likeness (QED) is 0.101. The Balaban J connectivity index is 1.06. The second-order valence-corrected chi connectivity index (χ2v) is 17.1. The van der Waals surface area contributed by atoms with E-state index in [-0.39, 0.29) is 59.5 Å². The van der Waals surface area contributed by atoms with Crippen LogP contribution >= 0.6 is 0 Å². The number of aliphatic hydroxyl groups is 4. The van der Waals surface area contributed by atoms with Crippen molar-refractivity contribution in [2.24, 2.45) is 20.4 Å². The van der Waals surface area contributed by atoms with Crippen molar-refractivity contribution in [3.63, 3.8) is 0 Å². The standard InChI is InChI=1S/C47H50N4O13/c48-36-14-11-28(51-36)15-20-60-30-12-9-26(10-13-30)32-22-31(53)37-33(61-32)23-34(40(38(37)54)64-46(18-4-5-19-46)27-7-6-8-29(52)21-27)62-44-39(55)41(56)47(59,42(63-44)43(57)58)45(16-2-1-3-17-45)35-24-49-25-50-35/h6-14,21-23,25,32,39,41-42,44,48,52-56,59H,1-5,15-20,24H2,(H,57,58). The van der Waals surface area contributed by atoms with Gasteiger partial charge in [0.2, 0.25) is 12.0 Å². The number of nitrogens with one attached hydrogen (secondary N) is 1. The largest absolute Gasteiger partial charge is 0.508 e. The summed E-state index contributed by atoms with van der Waals surface area (Å²) in [6, 6.07) is 14.8. The molecule has 6 unspecified atom stereocenters. The minimum atomic E-state index is -2.58. The zero-order chi connectivity index (χ0) is 44.8. The van der Waals surface area contributed by atoms with Gasteiger partial charge >= 0.3 is 5.97 Å². The fourth-order valence-electron chi connectivity index (χ4n) is 10.2. The molecule has 336 valence electrons. The molecule has 1 saturated heterocycles. The van der Waals surface area contributed by atoms with Crippen LogP contribution in [0.1, 0.15) is 87.0 Å². The zero-order valence-corrected chi connectivity index (χ0v) is 34.8. The van der Waals surface area contributed by atoms with Crippen LogP contribution in [0, 0.1) is 10.8 Å². The van der Waals surface area contributed by atoms with Gasteiger partial charge in [-0.05, 0) is 86.1 Å². The number of aliphatic carboxylic acids is 1. The second-order valence-electron chi connectivity index (χ2n) is 17.1. The molecule has 0 amide bonds. The van der Waals surface area contributed by atoms with Crippen LogP contribution in [0.15, 0.2) is 87.8 Å². The highest BCUT2D eigenvalue weighted by Crippen LogP contribution is 2.57. The monoisotopic (exact) mass is 878 g/mol. The highest BCUT2D eigenvalue weighted by Gasteiger charge is 2.69. The molecule has 4 heterocycles. The number of carboxylic acid groups (broad SMARTS) is 1. The molecule has 3 aromatic carbocycles. The van der Waals surface area contributed by atoms with Crippen LogP contribution in [0.25, 0.3) is 5.76 Å². The zero-order valence-electron chi connectivity index (χ0n) is 34.8. The fourth-order valence-corrected chi connectivity index (χ4v) is 10.2. The molecule has 8 N–H and O–H groups in total. The number of aliphatic hydroxyl groups excluding tert-OH is 3. The Morgan fingerprint density at radius 3 is 2.36 bits per heavy atom. The predicted octanol–water partition coefficient (Wildman–Crippen LogP) is 5.81. The number of allylic oxidation sites excluding steroid dienone is 1. The number of aromatic hydroxyl groups is 2. The average molecular weight is 879 g/mol. The summed E-state index contributed by atoms with van der Waals surface area (Å²) in [5.74, 6) is -2.53. The van der Waals surface area contributed by atoms with Crippen LogP contribution in [-0.4, -0.2) is 109 Å². The molecule has 3 aromatic rings. The van der Waals surface area contributed by atoms with E-state index in [2.05, 4.69) is 15.0 Å². The third kappa shape index (κ3) is 7.55. The van der Waals surface area contributed by atoms with Gasteiger partial charge in [-0.1, -0.05) is 43.5 Å². The number of carboxylic acids is 1. The molecular formula is C47H50N4O13. The summed E-state index contributed by atoms with van der Waals surface area (Å²) in [6.07, 6.45) is 2.31. The van der Waals surface area contributed by atoms with Gasteiger partial charge in [0, 0.05) is 29.7 Å². The number of phenolic OH excluding ortho intramolecular Hbond substituents is 2. The number of aliphatic imine (C=N–C) groups is 3. The van der Waals surface area contributed by atoms with Crippen LogP contribution in [0.4, 0.5) is 0 Å². The Labute approximate surface area is 367 Å². The molecule has 0 aromatic heterocycles. The van der Waals surface area contributed by atoms with E-state index in [0.717, 1.165) is 25.0 Å². The number of carbonyl (C=O) groups is 1. The normalized spacial score (nSPS) is 27.8. The predicted molar refractivity (Wildman–Crippen MR) is 232 cm³/mol. The van der Waals surface area contributed by atoms with E-state index in [4.69, 9.17) is 29.1 Å². The van der Waals surface area contributed by atoms with Gasteiger partial charge in [-0.15, -0.1) is 0 Å². The number of fused-ring (bicyclic) bond motifs is 1. The van der Waals surface area contributed by atoms with E-state index in [1.54, 1.807) is 54.6 Å². The topological polar surface area (TPSA) is 266 Å². The van der Waals surface area contributed by atoms with E-state index in [9.17, 15) is 40.5 Å². The number of amidine groups is 1. The van der Waals surface area contributed by atoms with Gasteiger partial charge in [0.15, 0.2) is 17.6 Å². The molecule has 0 spiro atoms. The maximum Gasteiger partial charge on any atom is 0.336 e. The van der Waals surface area contributed by atoms with Crippen LogP contribution in [0.2, 0.25) is 0 Å². The van der Waals surface area contributed by atoms with Gasteiger partial charge in [-0.3, -0.25) is 10.4 Å². The lowest BCUT2D eigenvalue weighted by molar-refractivity contribution is -0.326. The van der Waals surface area contributed by atoms with Crippen LogP contribution in [0.3, 0.4) is 0 Å². The summed E-state index contributed by atoms with van der Waals surface area (Å²) in [4.78, 5) is 25.9. The fraction of sp³-hybridized carbons (Fsp3) is 0.426. The van der Waals surface area contributed by atoms with E-state index < -0.39 is 59.0 Å². The summed E-state index contributed by atoms with van der Waals surface area (Å²) in [5.41, 5.74) is -2.92. The molecule has 64 heavy (non-hydrogen) atoms. The number of rotatable bonds is 13. The van der Waals surface area contributed by atoms with Gasteiger partial charge < -0.3 is 59.4 Å². The third-order valence-electron chi connectivity index (χ3n) is 13.4. The smallest absolute Gasteiger partial charge is 0.336 e. The summed E-state index contributed by atoms with van der Waals surface area (Å²) < 4.78 is 31.3. The average Bonchev–Trinajstić information content (AvgIpc) is 4.09. The number of benzene rings is 3. The molecule has 2 aliphatic carbocycles. The maximum atomic E-state index is 13.2. The molecule has 4 aliphatic heterocycles. The SMILES string of the molecule is N=C1C=CC(CCOc2ccc(C3C=C(O)c4c(cc(OC5OC(C(=O)O)C(O)(C6(C7=NC=NC7)CCCCC6)C(O)C5O)c(OC5(c6cccc(O)c6)CCCC5)c4O)O3)cc2)=N1. The van der Waals surface area contributed by atoms with Gasteiger partial charge in [0.1, 0.15) is 70.3 Å². The lowest BCUT2D eigenvalue weighted by Crippen LogP contribution is -2.76. The van der Waals surface area contributed by atoms with Crippen molar-refractivity contribution in [3.8, 4) is 34.5 Å². The summed E-state index contributed by atoms with van der Waals surface area (Å²) in [5, 5.41) is 89.0. The Kier molecular flexibility index (Phi) is 11.4. The second kappa shape index (κ2) is 17.0. The van der Waals surface area contributed by atoms with E-state index >= 15 is 0 Å². The summed E-state index contributed by atoms with van der Waals surface area (Å²) >= 11 is 0. The van der Waals surface area contributed by atoms with E-state index in [0.29, 0.717) is 61.3 Å². The van der Waals surface area contributed by atoms with Gasteiger partial charge in [0.25, 0.3) is 0 Å². The minimum absolute atomic E-state index is 0.0116. The van der Waals surface area contributed by atoms with Crippen molar-refractivity contribution in [3.05, 3.63) is 89.5 Å². The van der Waals surface area contributed by atoms with Crippen LogP contribution in [0.5, 0.6) is 34.5 Å². The molecule has 6 aliphatic rings. The first kappa shape index (κ1) is 43.0. The molecule has 3 fully saturated rings. The van der Waals surface area contributed by atoms with Crippen molar-refractivity contribution >= 4 is 35.3 Å². The Morgan fingerprint density at radius 1 is 0.938 bits per heavy atom. The van der Waals surface area contributed by atoms with Gasteiger partial charge in [-0.2, -0.15) is 0 Å². The van der Waals surface area contributed by atoms with Crippen molar-refractivity contribution in [1.29, 1.82) is 5.41 Å². The Hall–Kier alpha value is -6.27. The van der Waals surface area contributed by atoms with Gasteiger partial charge in [-0.25, -0.2) is 14.8 Å². The maximum absolute atomic E-state index is 13.2. The number of nitrogens with zero attached hydrogens (tertiary/aromatic N) is 3. The van der Waals surface area contributed by atoms with Crippen molar-refractivity contribution in [2.45, 2.75) is 106 Å². The first-order chi connectivity index (χ1) is 30.8.